The van der Waals surface area contributed by atoms with E-state index in [1.54, 1.807) is 61.5 Å². The largest absolute Gasteiger partial charge is 0.508 e. The molecule has 0 spiro atoms. The summed E-state index contributed by atoms with van der Waals surface area (Å²) in [6, 6.07) is 20.1. The highest BCUT2D eigenvalue weighted by Crippen LogP contribution is 2.27. The summed E-state index contributed by atoms with van der Waals surface area (Å²) in [4.78, 5) is 26.9. The number of aryl methyl sites for hydroxylation is 1. The van der Waals surface area contributed by atoms with Gasteiger partial charge in [0.2, 0.25) is 0 Å². The number of nitrogen functional groups attached to an aromatic ring is 1. The van der Waals surface area contributed by atoms with E-state index in [9.17, 15) is 14.7 Å². The van der Waals surface area contributed by atoms with Gasteiger partial charge in [0.25, 0.3) is 0 Å². The fourth-order valence-electron chi connectivity index (χ4n) is 2.65. The molecule has 27 heavy (non-hydrogen) atoms. The van der Waals surface area contributed by atoms with Crippen LogP contribution in [0.4, 0.5) is 22.7 Å². The number of aromatic hydroxyl groups is 1. The van der Waals surface area contributed by atoms with Crippen molar-refractivity contribution in [1.82, 2.24) is 0 Å². The molecule has 0 saturated heterocycles. The third-order valence-electron chi connectivity index (χ3n) is 4.02. The number of benzene rings is 3. The van der Waals surface area contributed by atoms with Crippen molar-refractivity contribution in [2.75, 3.05) is 16.0 Å². The Bertz CT molecular complexity index is 970. The molecule has 3 aromatic carbocycles. The number of para-hydroxylation sites is 1. The average molecular weight is 361 g/mol. The minimum atomic E-state index is -0.788. The van der Waals surface area contributed by atoms with Gasteiger partial charge >= 0.3 is 11.8 Å². The quantitative estimate of drug-likeness (QED) is 0.377. The number of phenolic OH excluding ortho intramolecular Hbond substituents is 1. The minimum Gasteiger partial charge on any atom is -0.508 e. The molecule has 136 valence electrons. The molecule has 0 aromatic heterocycles. The van der Waals surface area contributed by atoms with Gasteiger partial charge in [0.05, 0.1) is 0 Å². The van der Waals surface area contributed by atoms with Crippen LogP contribution in [-0.2, 0) is 9.59 Å². The van der Waals surface area contributed by atoms with Crippen LogP contribution in [0.5, 0.6) is 5.75 Å². The number of phenols is 1. The van der Waals surface area contributed by atoms with Crippen LogP contribution in [0.15, 0.2) is 72.8 Å². The Morgan fingerprint density at radius 3 is 2.19 bits per heavy atom. The van der Waals surface area contributed by atoms with Crippen LogP contribution in [-0.4, -0.2) is 16.9 Å². The molecule has 6 heteroatoms. The van der Waals surface area contributed by atoms with Gasteiger partial charge in [0.1, 0.15) is 5.75 Å². The summed E-state index contributed by atoms with van der Waals surface area (Å²) in [6.07, 6.45) is 0. The minimum absolute atomic E-state index is 0.0876. The lowest BCUT2D eigenvalue weighted by molar-refractivity contribution is -0.134. The molecule has 0 aliphatic heterocycles. The van der Waals surface area contributed by atoms with Crippen molar-refractivity contribution in [3.63, 3.8) is 0 Å². The normalized spacial score (nSPS) is 10.3. The van der Waals surface area contributed by atoms with Gasteiger partial charge in [-0.1, -0.05) is 18.2 Å². The smallest absolute Gasteiger partial charge is 0.321 e. The molecule has 2 amide bonds. The van der Waals surface area contributed by atoms with Crippen molar-refractivity contribution in [3.05, 3.63) is 78.4 Å². The Labute approximate surface area is 156 Å². The number of hydrogen-bond donors (Lipinski definition) is 3. The van der Waals surface area contributed by atoms with Crippen LogP contribution in [0.3, 0.4) is 0 Å². The predicted octanol–water partition coefficient (Wildman–Crippen LogP) is 3.59. The fraction of sp³-hybridized carbons (Fsp3) is 0.0476. The number of carbonyl (C=O) groups is 2. The lowest BCUT2D eigenvalue weighted by Gasteiger charge is -2.22. The second-order valence-corrected chi connectivity index (χ2v) is 6.02. The lowest BCUT2D eigenvalue weighted by atomic mass is 10.2. The Morgan fingerprint density at radius 2 is 1.56 bits per heavy atom. The van der Waals surface area contributed by atoms with Crippen molar-refractivity contribution in [2.45, 2.75) is 6.92 Å². The Balaban J connectivity index is 1.92. The summed E-state index contributed by atoms with van der Waals surface area (Å²) in [5.74, 6) is -1.44. The monoisotopic (exact) mass is 361 g/mol. The van der Waals surface area contributed by atoms with E-state index in [4.69, 9.17) is 5.73 Å². The van der Waals surface area contributed by atoms with E-state index in [0.717, 1.165) is 0 Å². The number of hydrogen-bond acceptors (Lipinski definition) is 4. The van der Waals surface area contributed by atoms with Gasteiger partial charge in [0.15, 0.2) is 0 Å². The first-order chi connectivity index (χ1) is 13.0. The summed E-state index contributed by atoms with van der Waals surface area (Å²) in [7, 11) is 0. The zero-order valence-corrected chi connectivity index (χ0v) is 14.7. The van der Waals surface area contributed by atoms with E-state index in [2.05, 4.69) is 5.32 Å². The number of nitrogens with one attached hydrogen (secondary N) is 1. The van der Waals surface area contributed by atoms with Gasteiger partial charge < -0.3 is 16.2 Å². The van der Waals surface area contributed by atoms with E-state index in [0.29, 0.717) is 28.3 Å². The molecular formula is C21H19N3O3. The zero-order valence-electron chi connectivity index (χ0n) is 14.7. The number of carbonyl (C=O) groups excluding carboxylic acids is 2. The highest BCUT2D eigenvalue weighted by atomic mass is 16.3. The van der Waals surface area contributed by atoms with Crippen molar-refractivity contribution >= 4 is 34.6 Å². The maximum Gasteiger partial charge on any atom is 0.321 e. The molecule has 0 aliphatic rings. The molecule has 4 N–H and O–H groups in total. The molecule has 6 nitrogen and oxygen atoms in total. The zero-order chi connectivity index (χ0) is 19.4. The first-order valence-electron chi connectivity index (χ1n) is 8.31. The van der Waals surface area contributed by atoms with Gasteiger partial charge in [-0.2, -0.15) is 0 Å². The van der Waals surface area contributed by atoms with Gasteiger partial charge in [-0.3, -0.25) is 14.5 Å². The SMILES string of the molecule is Cc1cc(O)ccc1NC(=O)C(=O)N(c1ccccc1)c1ccc(N)cc1. The topological polar surface area (TPSA) is 95.7 Å². The van der Waals surface area contributed by atoms with Crippen LogP contribution in [0, 0.1) is 6.92 Å². The van der Waals surface area contributed by atoms with E-state index in [-0.39, 0.29) is 5.75 Å². The Hall–Kier alpha value is -3.80. The third kappa shape index (κ3) is 4.07. The highest BCUT2D eigenvalue weighted by molar-refractivity contribution is 6.45. The van der Waals surface area contributed by atoms with Gasteiger partial charge in [-0.05, 0) is 67.1 Å². The molecule has 0 fully saturated rings. The first kappa shape index (κ1) is 18.0. The van der Waals surface area contributed by atoms with Crippen molar-refractivity contribution in [1.29, 1.82) is 0 Å². The number of nitrogens with zero attached hydrogens (tertiary/aromatic N) is 1. The van der Waals surface area contributed by atoms with E-state index >= 15 is 0 Å². The van der Waals surface area contributed by atoms with Gasteiger partial charge in [-0.15, -0.1) is 0 Å². The van der Waals surface area contributed by atoms with E-state index in [1.165, 1.54) is 17.0 Å². The molecule has 0 aliphatic carbocycles. The standard InChI is InChI=1S/C21H19N3O3/c1-14-13-18(25)11-12-19(14)23-20(26)21(27)24(16-5-3-2-4-6-16)17-9-7-15(22)8-10-17/h2-13,25H,22H2,1H3,(H,23,26). The number of anilines is 4. The second kappa shape index (κ2) is 7.61. The van der Waals surface area contributed by atoms with Crippen LogP contribution in [0.1, 0.15) is 5.56 Å². The van der Waals surface area contributed by atoms with Crippen molar-refractivity contribution in [3.8, 4) is 5.75 Å². The summed E-state index contributed by atoms with van der Waals surface area (Å²) in [6.45, 7) is 1.73. The summed E-state index contributed by atoms with van der Waals surface area (Å²) >= 11 is 0. The molecule has 0 unspecified atom stereocenters. The van der Waals surface area contributed by atoms with Crippen LogP contribution >= 0.6 is 0 Å². The molecule has 0 heterocycles. The summed E-state index contributed by atoms with van der Waals surface area (Å²) in [5.41, 5.74) is 8.48. The van der Waals surface area contributed by atoms with Crippen LogP contribution in [0.25, 0.3) is 0 Å². The maximum absolute atomic E-state index is 12.9. The molecule has 3 rings (SSSR count). The Morgan fingerprint density at radius 1 is 0.926 bits per heavy atom. The molecule has 3 aromatic rings. The van der Waals surface area contributed by atoms with Gasteiger partial charge in [-0.25, -0.2) is 0 Å². The average Bonchev–Trinajstić information content (AvgIpc) is 2.66. The number of rotatable bonds is 3. The number of amides is 2. The van der Waals surface area contributed by atoms with Crippen molar-refractivity contribution in [2.24, 2.45) is 0 Å². The predicted molar refractivity (Wildman–Crippen MR) is 106 cm³/mol. The third-order valence-corrected chi connectivity index (χ3v) is 4.02. The van der Waals surface area contributed by atoms with Crippen LogP contribution < -0.4 is 16.0 Å². The van der Waals surface area contributed by atoms with E-state index in [1.807, 2.05) is 6.07 Å². The summed E-state index contributed by atoms with van der Waals surface area (Å²) < 4.78 is 0. The molecule has 0 atom stereocenters. The van der Waals surface area contributed by atoms with E-state index < -0.39 is 11.8 Å². The first-order valence-corrected chi connectivity index (χ1v) is 8.31. The molecule has 0 radical (unpaired) electrons. The maximum atomic E-state index is 12.9. The van der Waals surface area contributed by atoms with Crippen LogP contribution in [0.2, 0.25) is 0 Å². The fourth-order valence-corrected chi connectivity index (χ4v) is 2.65. The second-order valence-electron chi connectivity index (χ2n) is 6.02. The number of nitrogens with two attached hydrogens (primary N) is 1. The molecule has 0 saturated carbocycles. The highest BCUT2D eigenvalue weighted by Gasteiger charge is 2.25. The lowest BCUT2D eigenvalue weighted by Crippen LogP contribution is -2.36. The molecular weight excluding hydrogens is 342 g/mol. The van der Waals surface area contributed by atoms with Gasteiger partial charge in [0, 0.05) is 22.7 Å². The summed E-state index contributed by atoms with van der Waals surface area (Å²) in [5, 5.41) is 12.1. The Kier molecular flexibility index (Phi) is 5.08. The molecule has 0 bridgehead atoms. The van der Waals surface area contributed by atoms with Crippen molar-refractivity contribution < 1.29 is 14.7 Å².